The van der Waals surface area contributed by atoms with Crippen molar-refractivity contribution in [3.05, 3.63) is 0 Å². The van der Waals surface area contributed by atoms with Gasteiger partial charge in [0.2, 0.25) is 0 Å². The molecule has 5 heteroatoms. The van der Waals surface area contributed by atoms with E-state index in [4.69, 9.17) is 39.5 Å². The zero-order valence-electron chi connectivity index (χ0n) is 12.7. The van der Waals surface area contributed by atoms with Crippen molar-refractivity contribution in [2.24, 2.45) is 23.7 Å². The van der Waals surface area contributed by atoms with Crippen molar-refractivity contribution in [2.75, 3.05) is 7.11 Å². The van der Waals surface area contributed by atoms with Crippen molar-refractivity contribution < 1.29 is 9.53 Å². The van der Waals surface area contributed by atoms with E-state index >= 15 is 0 Å². The summed E-state index contributed by atoms with van der Waals surface area (Å²) in [4.78, 5) is 12.4. The molecule has 0 saturated heterocycles. The van der Waals surface area contributed by atoms with Crippen LogP contribution in [0.4, 0.5) is 0 Å². The second-order valence-corrected chi connectivity index (χ2v) is 8.49. The highest BCUT2D eigenvalue weighted by Crippen LogP contribution is 2.46. The fraction of sp³-hybridized carbons (Fsp3) is 0.938. The van der Waals surface area contributed by atoms with E-state index in [0.717, 1.165) is 38.5 Å². The van der Waals surface area contributed by atoms with Crippen LogP contribution in [0.1, 0.15) is 45.4 Å². The van der Waals surface area contributed by atoms with Crippen molar-refractivity contribution in [1.82, 2.24) is 0 Å². The lowest BCUT2D eigenvalue weighted by atomic mass is 9.67. The SMILES string of the molecule is COC(=O)C(C1CCC(Cl)CC1)C1C(Cl)CC(C)CC1Cl. The third-order valence-corrected chi connectivity index (χ3v) is 6.56. The van der Waals surface area contributed by atoms with Crippen molar-refractivity contribution in [1.29, 1.82) is 0 Å². The first-order valence-corrected chi connectivity index (χ1v) is 9.25. The van der Waals surface area contributed by atoms with Crippen LogP contribution in [0.5, 0.6) is 0 Å². The maximum atomic E-state index is 12.4. The van der Waals surface area contributed by atoms with E-state index in [0.29, 0.717) is 11.8 Å². The number of halogens is 3. The van der Waals surface area contributed by atoms with E-state index in [9.17, 15) is 4.79 Å². The number of methoxy groups -OCH3 is 1. The molecule has 0 aromatic heterocycles. The van der Waals surface area contributed by atoms with E-state index in [1.54, 1.807) is 0 Å². The Morgan fingerprint density at radius 3 is 2.05 bits per heavy atom. The number of esters is 1. The summed E-state index contributed by atoms with van der Waals surface area (Å²) in [6.45, 7) is 2.17. The highest BCUT2D eigenvalue weighted by molar-refractivity contribution is 6.24. The first-order chi connectivity index (χ1) is 9.93. The Morgan fingerprint density at radius 2 is 1.57 bits per heavy atom. The van der Waals surface area contributed by atoms with Crippen LogP contribution in [0.25, 0.3) is 0 Å². The highest BCUT2D eigenvalue weighted by Gasteiger charge is 2.46. The number of carbonyl (C=O) groups is 1. The monoisotopic (exact) mass is 354 g/mol. The zero-order chi connectivity index (χ0) is 15.6. The Labute approximate surface area is 142 Å². The van der Waals surface area contributed by atoms with Gasteiger partial charge in [0.25, 0.3) is 0 Å². The van der Waals surface area contributed by atoms with Crippen LogP contribution in [-0.2, 0) is 9.53 Å². The van der Waals surface area contributed by atoms with Gasteiger partial charge in [0, 0.05) is 22.0 Å². The number of ether oxygens (including phenoxy) is 1. The zero-order valence-corrected chi connectivity index (χ0v) is 15.0. The van der Waals surface area contributed by atoms with E-state index in [2.05, 4.69) is 6.92 Å². The molecule has 2 aliphatic rings. The standard InChI is InChI=1S/C16H25Cl3O2/c1-9-7-12(18)15(13(19)8-9)14(16(20)21-2)10-3-5-11(17)6-4-10/h9-15H,3-8H2,1-2H3. The lowest BCUT2D eigenvalue weighted by Gasteiger charge is -2.42. The number of alkyl halides is 3. The van der Waals surface area contributed by atoms with Gasteiger partial charge in [-0.25, -0.2) is 0 Å². The van der Waals surface area contributed by atoms with Gasteiger partial charge in [0.15, 0.2) is 0 Å². The van der Waals surface area contributed by atoms with E-state index in [1.807, 2.05) is 0 Å². The van der Waals surface area contributed by atoms with Crippen LogP contribution < -0.4 is 0 Å². The topological polar surface area (TPSA) is 26.3 Å². The molecule has 0 aliphatic heterocycles. The molecule has 2 aliphatic carbocycles. The highest BCUT2D eigenvalue weighted by atomic mass is 35.5. The Bertz CT molecular complexity index is 343. The predicted molar refractivity (Wildman–Crippen MR) is 88.3 cm³/mol. The van der Waals surface area contributed by atoms with Crippen LogP contribution in [0, 0.1) is 23.7 Å². The van der Waals surface area contributed by atoms with Crippen molar-refractivity contribution in [3.63, 3.8) is 0 Å². The van der Waals surface area contributed by atoms with Gasteiger partial charge in [-0.2, -0.15) is 0 Å². The molecule has 2 saturated carbocycles. The summed E-state index contributed by atoms with van der Waals surface area (Å²) in [7, 11) is 1.46. The molecule has 0 aromatic carbocycles. The van der Waals surface area contributed by atoms with E-state index in [1.165, 1.54) is 7.11 Å². The second kappa shape index (κ2) is 7.75. The summed E-state index contributed by atoms with van der Waals surface area (Å²) in [6, 6.07) is 0. The van der Waals surface area contributed by atoms with Crippen molar-refractivity contribution in [3.8, 4) is 0 Å². The molecule has 21 heavy (non-hydrogen) atoms. The first-order valence-electron chi connectivity index (χ1n) is 7.94. The minimum Gasteiger partial charge on any atom is -0.469 e. The van der Waals surface area contributed by atoms with Crippen LogP contribution in [0.2, 0.25) is 0 Å². The molecule has 0 bridgehead atoms. The van der Waals surface area contributed by atoms with Gasteiger partial charge in [0.05, 0.1) is 13.0 Å². The Morgan fingerprint density at radius 1 is 1.05 bits per heavy atom. The summed E-state index contributed by atoms with van der Waals surface area (Å²) in [5, 5.41) is 0.146. The molecular formula is C16H25Cl3O2. The molecule has 0 heterocycles. The van der Waals surface area contributed by atoms with Crippen LogP contribution in [0.15, 0.2) is 0 Å². The van der Waals surface area contributed by atoms with Crippen LogP contribution >= 0.6 is 34.8 Å². The van der Waals surface area contributed by atoms with Crippen molar-refractivity contribution in [2.45, 2.75) is 61.6 Å². The minimum atomic E-state index is -0.184. The number of rotatable bonds is 3. The van der Waals surface area contributed by atoms with E-state index < -0.39 is 0 Å². The minimum absolute atomic E-state index is 0.00820. The molecule has 0 spiro atoms. The molecule has 0 amide bonds. The maximum Gasteiger partial charge on any atom is 0.309 e. The van der Waals surface area contributed by atoms with Crippen LogP contribution in [0.3, 0.4) is 0 Å². The molecular weight excluding hydrogens is 331 g/mol. The number of carbonyl (C=O) groups excluding carboxylic acids is 1. The predicted octanol–water partition coefficient (Wildman–Crippen LogP) is 4.83. The Kier molecular flexibility index (Phi) is 6.52. The average Bonchev–Trinajstić information content (AvgIpc) is 2.43. The molecule has 2 nitrogen and oxygen atoms in total. The van der Waals surface area contributed by atoms with Crippen molar-refractivity contribution >= 4 is 40.8 Å². The normalized spacial score (nSPS) is 42.3. The number of hydrogen-bond acceptors (Lipinski definition) is 2. The van der Waals surface area contributed by atoms with Gasteiger partial charge in [0.1, 0.15) is 0 Å². The third kappa shape index (κ3) is 4.20. The van der Waals surface area contributed by atoms with Gasteiger partial charge < -0.3 is 4.74 Å². The largest absolute Gasteiger partial charge is 0.469 e. The average molecular weight is 356 g/mol. The summed E-state index contributed by atoms with van der Waals surface area (Å²) in [5.41, 5.74) is 0. The fourth-order valence-electron chi connectivity index (χ4n) is 4.09. The fourth-order valence-corrected chi connectivity index (χ4v) is 5.69. The van der Waals surface area contributed by atoms with Gasteiger partial charge >= 0.3 is 5.97 Å². The molecule has 0 radical (unpaired) electrons. The van der Waals surface area contributed by atoms with Crippen LogP contribution in [-0.4, -0.2) is 29.2 Å². The molecule has 2 rings (SSSR count). The molecule has 0 N–H and O–H groups in total. The lowest BCUT2D eigenvalue weighted by molar-refractivity contribution is -0.151. The second-order valence-electron chi connectivity index (χ2n) is 6.75. The van der Waals surface area contributed by atoms with E-state index in [-0.39, 0.29) is 33.9 Å². The molecule has 0 aromatic rings. The molecule has 122 valence electrons. The summed E-state index contributed by atoms with van der Waals surface area (Å²) >= 11 is 19.4. The third-order valence-electron chi connectivity index (χ3n) is 5.19. The molecule has 2 fully saturated rings. The summed E-state index contributed by atoms with van der Waals surface area (Å²) in [6.07, 6.45) is 5.70. The smallest absolute Gasteiger partial charge is 0.309 e. The lowest BCUT2D eigenvalue weighted by Crippen LogP contribution is -2.45. The number of hydrogen-bond donors (Lipinski definition) is 0. The Hall–Kier alpha value is 0.340. The molecule has 3 atom stereocenters. The van der Waals surface area contributed by atoms with Gasteiger partial charge in [-0.15, -0.1) is 34.8 Å². The molecule has 3 unspecified atom stereocenters. The quantitative estimate of drug-likeness (QED) is 0.535. The van der Waals surface area contributed by atoms with Gasteiger partial charge in [-0.05, 0) is 50.4 Å². The first kappa shape index (κ1) is 17.7. The van der Waals surface area contributed by atoms with Gasteiger partial charge in [-0.1, -0.05) is 6.92 Å². The maximum absolute atomic E-state index is 12.4. The summed E-state index contributed by atoms with van der Waals surface area (Å²) < 4.78 is 5.08. The van der Waals surface area contributed by atoms with Gasteiger partial charge in [-0.3, -0.25) is 4.79 Å². The summed E-state index contributed by atoms with van der Waals surface area (Å²) in [5.74, 6) is 0.492. The Balaban J connectivity index is 2.17.